The van der Waals surface area contributed by atoms with E-state index in [9.17, 15) is 24.8 Å². The van der Waals surface area contributed by atoms with E-state index in [1.807, 2.05) is 0 Å². The standard InChI is InChI=1S/C18H26N6O5/c25-12-23(29)10-14(9-13-3-1-2-4-13)18(27)24-15(5-7-20-24)17(26)21-16-6-8-22(28)11-19-16/h6,8,11-15,20,28-29H,1-5,7,9-10H2/p+1/t14?,15-/m0/s1. The molecule has 1 aromatic rings. The first-order chi connectivity index (χ1) is 14.0. The zero-order valence-corrected chi connectivity index (χ0v) is 16.1. The second-order valence-electron chi connectivity index (χ2n) is 7.55. The normalized spacial score (nSPS) is 20.4. The van der Waals surface area contributed by atoms with Crippen LogP contribution in [0.25, 0.3) is 0 Å². The van der Waals surface area contributed by atoms with Crippen molar-refractivity contribution < 1.29 is 29.5 Å². The highest BCUT2D eigenvalue weighted by Gasteiger charge is 2.39. The molecular weight excluding hydrogens is 380 g/mol. The summed E-state index contributed by atoms with van der Waals surface area (Å²) in [7, 11) is 0. The molecule has 1 saturated heterocycles. The molecule has 2 heterocycles. The van der Waals surface area contributed by atoms with Crippen LogP contribution in [0.3, 0.4) is 0 Å². The van der Waals surface area contributed by atoms with Crippen molar-refractivity contribution in [3.8, 4) is 0 Å². The van der Waals surface area contributed by atoms with Crippen LogP contribution in [0.5, 0.6) is 0 Å². The van der Waals surface area contributed by atoms with Crippen LogP contribution in [0, 0.1) is 11.8 Å². The number of nitrogens with zero attached hydrogens (tertiary/aromatic N) is 4. The summed E-state index contributed by atoms with van der Waals surface area (Å²) in [6.45, 7) is 0.345. The van der Waals surface area contributed by atoms with Crippen LogP contribution in [-0.4, -0.2) is 62.8 Å². The Balaban J connectivity index is 1.68. The summed E-state index contributed by atoms with van der Waals surface area (Å²) in [6, 6.07) is 0.698. The van der Waals surface area contributed by atoms with Crippen LogP contribution in [0.2, 0.25) is 0 Å². The molecule has 4 N–H and O–H groups in total. The van der Waals surface area contributed by atoms with Gasteiger partial charge in [0.2, 0.25) is 12.3 Å². The van der Waals surface area contributed by atoms with Crippen LogP contribution in [-0.2, 0) is 14.4 Å². The van der Waals surface area contributed by atoms with E-state index in [1.165, 1.54) is 17.3 Å². The summed E-state index contributed by atoms with van der Waals surface area (Å²) < 4.78 is 0.754. The molecule has 0 aromatic carbocycles. The van der Waals surface area contributed by atoms with E-state index in [0.717, 1.165) is 36.7 Å². The monoisotopic (exact) mass is 407 g/mol. The van der Waals surface area contributed by atoms with Crippen LogP contribution >= 0.6 is 0 Å². The molecule has 0 bridgehead atoms. The van der Waals surface area contributed by atoms with Gasteiger partial charge in [-0.05, 0) is 23.7 Å². The number of hydroxylamine groups is 2. The first-order valence-corrected chi connectivity index (χ1v) is 9.82. The Hall–Kier alpha value is -2.79. The van der Waals surface area contributed by atoms with Gasteiger partial charge in [0.15, 0.2) is 0 Å². The highest BCUT2D eigenvalue weighted by Crippen LogP contribution is 2.31. The molecule has 158 valence electrons. The lowest BCUT2D eigenvalue weighted by molar-refractivity contribution is -0.906. The van der Waals surface area contributed by atoms with Crippen molar-refractivity contribution in [1.82, 2.24) is 20.5 Å². The molecule has 2 aliphatic rings. The number of rotatable bonds is 8. The maximum atomic E-state index is 13.2. The van der Waals surface area contributed by atoms with Gasteiger partial charge in [0.25, 0.3) is 11.7 Å². The van der Waals surface area contributed by atoms with Crippen molar-refractivity contribution in [1.29, 1.82) is 0 Å². The third-order valence-electron chi connectivity index (χ3n) is 5.47. The second-order valence-corrected chi connectivity index (χ2v) is 7.55. The minimum atomic E-state index is -0.736. The first kappa shape index (κ1) is 20.9. The molecule has 3 rings (SSSR count). The number of hydrazine groups is 1. The molecule has 2 atom stereocenters. The van der Waals surface area contributed by atoms with E-state index in [0.29, 0.717) is 30.4 Å². The smallest absolute Gasteiger partial charge is 0.327 e. The van der Waals surface area contributed by atoms with E-state index in [4.69, 9.17) is 0 Å². The Morgan fingerprint density at radius 3 is 2.83 bits per heavy atom. The van der Waals surface area contributed by atoms with Crippen LogP contribution in [0.15, 0.2) is 18.6 Å². The third-order valence-corrected chi connectivity index (χ3v) is 5.47. The Labute approximate surface area is 168 Å². The topological polar surface area (TPSA) is 139 Å². The van der Waals surface area contributed by atoms with Gasteiger partial charge in [-0.25, -0.2) is 10.5 Å². The number of anilines is 1. The number of amides is 3. The highest BCUT2D eigenvalue weighted by atomic mass is 16.5. The fourth-order valence-corrected chi connectivity index (χ4v) is 4.04. The summed E-state index contributed by atoms with van der Waals surface area (Å²) in [5.74, 6) is -0.688. The Morgan fingerprint density at radius 1 is 1.41 bits per heavy atom. The predicted molar refractivity (Wildman–Crippen MR) is 98.1 cm³/mol. The van der Waals surface area contributed by atoms with Gasteiger partial charge in [-0.3, -0.25) is 29.9 Å². The van der Waals surface area contributed by atoms with Crippen molar-refractivity contribution in [2.45, 2.75) is 44.6 Å². The molecular formula is C18H27N6O5+. The number of nitrogens with one attached hydrogen (secondary N) is 2. The van der Waals surface area contributed by atoms with Gasteiger partial charge in [-0.15, -0.1) is 0 Å². The molecule has 1 aliphatic heterocycles. The second kappa shape index (κ2) is 9.61. The fourth-order valence-electron chi connectivity index (χ4n) is 4.04. The molecule has 1 aromatic heterocycles. The minimum Gasteiger partial charge on any atom is -0.350 e. The summed E-state index contributed by atoms with van der Waals surface area (Å²) in [4.78, 5) is 40.6. The summed E-state index contributed by atoms with van der Waals surface area (Å²) in [6.07, 6.45) is 8.02. The van der Waals surface area contributed by atoms with Crippen molar-refractivity contribution in [2.75, 3.05) is 18.4 Å². The van der Waals surface area contributed by atoms with Crippen LogP contribution in [0.1, 0.15) is 38.5 Å². The lowest BCUT2D eigenvalue weighted by atomic mass is 9.92. The molecule has 1 aliphatic carbocycles. The van der Waals surface area contributed by atoms with Gasteiger partial charge < -0.3 is 5.21 Å². The number of aromatic nitrogens is 2. The van der Waals surface area contributed by atoms with Gasteiger partial charge in [0.05, 0.1) is 18.5 Å². The predicted octanol–water partition coefficient (Wildman–Crippen LogP) is -0.305. The van der Waals surface area contributed by atoms with Crippen LogP contribution in [0.4, 0.5) is 5.82 Å². The maximum absolute atomic E-state index is 13.2. The zero-order chi connectivity index (χ0) is 20.8. The average Bonchev–Trinajstić information content (AvgIpc) is 3.40. The van der Waals surface area contributed by atoms with E-state index in [-0.39, 0.29) is 24.7 Å². The first-order valence-electron chi connectivity index (χ1n) is 9.82. The number of carbonyl (C=O) groups is 3. The number of hydrogen-bond donors (Lipinski definition) is 4. The lowest BCUT2D eigenvalue weighted by Crippen LogP contribution is -2.51. The summed E-state index contributed by atoms with van der Waals surface area (Å²) in [5.41, 5.74) is 2.95. The lowest BCUT2D eigenvalue weighted by Gasteiger charge is -2.29. The van der Waals surface area contributed by atoms with Gasteiger partial charge >= 0.3 is 6.33 Å². The Kier molecular flexibility index (Phi) is 6.94. The van der Waals surface area contributed by atoms with Gasteiger partial charge in [0.1, 0.15) is 12.2 Å². The Morgan fingerprint density at radius 2 is 2.17 bits per heavy atom. The molecule has 11 nitrogen and oxygen atoms in total. The molecule has 1 unspecified atom stereocenters. The molecule has 3 amide bonds. The molecule has 1 saturated carbocycles. The van der Waals surface area contributed by atoms with E-state index >= 15 is 0 Å². The van der Waals surface area contributed by atoms with E-state index in [1.54, 1.807) is 0 Å². The van der Waals surface area contributed by atoms with Gasteiger partial charge in [0, 0.05) is 6.54 Å². The zero-order valence-electron chi connectivity index (χ0n) is 16.1. The fraction of sp³-hybridized carbons (Fsp3) is 0.611. The molecule has 29 heavy (non-hydrogen) atoms. The van der Waals surface area contributed by atoms with E-state index in [2.05, 4.69) is 15.7 Å². The van der Waals surface area contributed by atoms with Gasteiger partial charge in [-0.1, -0.05) is 30.4 Å². The largest absolute Gasteiger partial charge is 0.350 e. The number of hydrogen-bond acceptors (Lipinski definition) is 7. The Bertz CT molecular complexity index is 724. The third kappa shape index (κ3) is 5.39. The van der Waals surface area contributed by atoms with Crippen molar-refractivity contribution >= 4 is 24.0 Å². The highest BCUT2D eigenvalue weighted by molar-refractivity contribution is 5.97. The van der Waals surface area contributed by atoms with Crippen LogP contribution < -0.4 is 15.5 Å². The molecule has 2 fully saturated rings. The number of carbonyl (C=O) groups excluding carboxylic acids is 3. The SMILES string of the molecule is O=CN(O)CC(CC1CCCC1)C(=O)N1NCC[C@H]1C(=O)Nc1cc[n+](O)cn1. The molecule has 0 radical (unpaired) electrons. The summed E-state index contributed by atoms with van der Waals surface area (Å²) in [5, 5.41) is 23.3. The summed E-state index contributed by atoms with van der Waals surface area (Å²) >= 11 is 0. The maximum Gasteiger partial charge on any atom is 0.327 e. The molecule has 0 spiro atoms. The van der Waals surface area contributed by atoms with Crippen molar-refractivity contribution in [2.24, 2.45) is 11.8 Å². The quantitative estimate of drug-likeness (QED) is 0.152. The molecule has 11 heteroatoms. The average molecular weight is 407 g/mol. The van der Waals surface area contributed by atoms with Gasteiger partial charge in [-0.2, -0.15) is 0 Å². The minimum absolute atomic E-state index is 0.109. The van der Waals surface area contributed by atoms with E-state index < -0.39 is 17.9 Å². The van der Waals surface area contributed by atoms with Crippen molar-refractivity contribution in [3.05, 3.63) is 18.6 Å². The van der Waals surface area contributed by atoms with Crippen molar-refractivity contribution in [3.63, 3.8) is 0 Å².